The van der Waals surface area contributed by atoms with Crippen LogP contribution in [-0.4, -0.2) is 49.2 Å². The van der Waals surface area contributed by atoms with E-state index in [1.165, 1.54) is 135 Å². The summed E-state index contributed by atoms with van der Waals surface area (Å²) < 4.78 is 10.5. The van der Waals surface area contributed by atoms with Crippen molar-refractivity contribution in [3.8, 4) is 11.5 Å². The summed E-state index contributed by atoms with van der Waals surface area (Å²) in [5.41, 5.74) is 33.6. The highest BCUT2D eigenvalue weighted by molar-refractivity contribution is 8.00. The van der Waals surface area contributed by atoms with Crippen molar-refractivity contribution >= 4 is 75.1 Å². The predicted molar refractivity (Wildman–Crippen MR) is 387 cm³/mol. The molecule has 9 aromatic carbocycles. The third kappa shape index (κ3) is 13.3. The first-order chi connectivity index (χ1) is 44.7. The molecule has 0 radical (unpaired) electrons. The van der Waals surface area contributed by atoms with Gasteiger partial charge in [-0.1, -0.05) is 109 Å². The Bertz CT molecular complexity index is 4080. The minimum atomic E-state index is -0.305. The molecule has 0 saturated heterocycles. The third-order valence-corrected chi connectivity index (χ3v) is 23.5. The Morgan fingerprint density at radius 1 is 0.435 bits per heavy atom. The van der Waals surface area contributed by atoms with Gasteiger partial charge in [-0.25, -0.2) is 0 Å². The van der Waals surface area contributed by atoms with Gasteiger partial charge in [-0.2, -0.15) is 0 Å². The first kappa shape index (κ1) is 64.8. The number of nitrogen functional groups attached to an aromatic ring is 1. The first-order valence-corrected chi connectivity index (χ1v) is 35.9. The number of anilines is 3. The number of thioether (sulfide) groups is 3. The van der Waals surface area contributed by atoms with Gasteiger partial charge in [0.05, 0.1) is 25.7 Å². The number of nitrogens with one attached hydrogen (secondary N) is 2. The molecule has 4 N–H and O–H groups in total. The summed E-state index contributed by atoms with van der Waals surface area (Å²) >= 11 is 10.1. The van der Waals surface area contributed by atoms with E-state index >= 15 is 0 Å². The Morgan fingerprint density at radius 2 is 0.793 bits per heavy atom. The molecule has 472 valence electrons. The number of nitrogens with two attached hydrogens (primary N) is 1. The van der Waals surface area contributed by atoms with E-state index in [1.54, 1.807) is 53.8 Å². The maximum absolute atomic E-state index is 12.9. The molecular formula is C81H84ClN3O4S3. The number of ether oxygens (including phenoxy) is 2. The molecule has 6 aliphatic rings. The van der Waals surface area contributed by atoms with Crippen LogP contribution in [0.25, 0.3) is 0 Å². The molecule has 7 nitrogen and oxygen atoms in total. The third-order valence-electron chi connectivity index (χ3n) is 20.2. The van der Waals surface area contributed by atoms with E-state index in [2.05, 4.69) is 153 Å². The Labute approximate surface area is 562 Å². The van der Waals surface area contributed by atoms with E-state index in [0.29, 0.717) is 11.5 Å². The molecule has 0 aliphatic heterocycles. The number of methoxy groups -OCH3 is 2. The number of hydrogen-bond acceptors (Lipinski definition) is 9. The molecule has 92 heavy (non-hydrogen) atoms. The van der Waals surface area contributed by atoms with Crippen LogP contribution >= 0.6 is 46.9 Å². The van der Waals surface area contributed by atoms with Gasteiger partial charge in [-0.3, -0.25) is 9.59 Å². The van der Waals surface area contributed by atoms with E-state index in [9.17, 15) is 9.59 Å². The zero-order chi connectivity index (χ0) is 64.0. The lowest BCUT2D eigenvalue weighted by Gasteiger charge is -2.30. The average molecular weight is 1300 g/mol. The largest absolute Gasteiger partial charge is 0.497 e. The van der Waals surface area contributed by atoms with E-state index in [-0.39, 0.29) is 27.4 Å². The maximum atomic E-state index is 12.9. The molecule has 3 spiro atoms. The van der Waals surface area contributed by atoms with E-state index < -0.39 is 0 Å². The van der Waals surface area contributed by atoms with Crippen LogP contribution in [0.2, 0.25) is 0 Å². The molecule has 6 aliphatic carbocycles. The second kappa shape index (κ2) is 28.5. The highest BCUT2D eigenvalue weighted by Crippen LogP contribution is 2.58. The van der Waals surface area contributed by atoms with Crippen molar-refractivity contribution in [1.82, 2.24) is 0 Å². The van der Waals surface area contributed by atoms with Gasteiger partial charge in [0.15, 0.2) is 0 Å². The van der Waals surface area contributed by atoms with Gasteiger partial charge >= 0.3 is 0 Å². The first-order valence-electron chi connectivity index (χ1n) is 32.6. The highest BCUT2D eigenvalue weighted by atomic mass is 35.5. The summed E-state index contributed by atoms with van der Waals surface area (Å²) in [6, 6.07) is 64.2. The molecule has 0 aromatic heterocycles. The van der Waals surface area contributed by atoms with Crippen molar-refractivity contribution in [1.29, 1.82) is 0 Å². The zero-order valence-electron chi connectivity index (χ0n) is 53.9. The summed E-state index contributed by atoms with van der Waals surface area (Å²) in [6.07, 6.45) is 14.2. The molecule has 0 heterocycles. The Kier molecular flexibility index (Phi) is 20.0. The normalized spacial score (nSPS) is 18.6. The molecule has 3 atom stereocenters. The molecule has 9 aromatic rings. The summed E-state index contributed by atoms with van der Waals surface area (Å²) in [5.74, 6) is 3.54. The Hall–Kier alpha value is -7.34. The van der Waals surface area contributed by atoms with Crippen molar-refractivity contribution in [2.75, 3.05) is 54.4 Å². The van der Waals surface area contributed by atoms with Gasteiger partial charge in [-0.05, 0) is 279 Å². The van der Waals surface area contributed by atoms with Crippen LogP contribution < -0.4 is 25.8 Å². The minimum Gasteiger partial charge on any atom is -0.497 e. The standard InChI is InChI=1S/C27H27NO2S.C27H29NOS.C18H19N.C9H9ClOS/c1-18-5-3-6-19-13-15-27(25(18)19)16-14-20-7-4-8-23(26(20)27)28-24(29)17-31-22-11-9-21(30-2)10-12-22;1-19-5-3-6-20-13-15-27(25(19)20)16-14-21-7-4-8-24(26(21)27)28-17-18-30-23-11-9-22(29-2)10-12-23;1-12-4-2-5-13-8-10-18(16(12)13)11-9-14-6-3-7-15(19)17(14)18;1-7-2-4-8(5-3-7)12-6-9(10)11/h3-12H,13-17H2,1-2H3,(H,28,29);3-12,28H,13-18H2,1-2H3;2-7H,8-11,19H2,1H3;2-5H,6H2,1H3/t2*27-;18-;/m111./s1. The number of hydrogen-bond donors (Lipinski definition) is 3. The molecule has 1 amide bonds. The fourth-order valence-electron chi connectivity index (χ4n) is 16.4. The average Bonchev–Trinajstić information content (AvgIpc) is 1.58. The summed E-state index contributed by atoms with van der Waals surface area (Å²) in [7, 11) is 3.37. The number of halogens is 1. The monoisotopic (exact) mass is 1290 g/mol. The Morgan fingerprint density at radius 3 is 1.24 bits per heavy atom. The molecular weight excluding hydrogens is 1210 g/mol. The number of amides is 1. The quantitative estimate of drug-likeness (QED) is 0.0425. The van der Waals surface area contributed by atoms with Crippen LogP contribution in [0.4, 0.5) is 17.1 Å². The van der Waals surface area contributed by atoms with Crippen molar-refractivity contribution in [3.63, 3.8) is 0 Å². The number of rotatable bonds is 14. The molecule has 0 fully saturated rings. The van der Waals surface area contributed by atoms with Gasteiger partial charge in [0.2, 0.25) is 11.1 Å². The van der Waals surface area contributed by atoms with Gasteiger partial charge in [0.1, 0.15) is 11.5 Å². The molecule has 11 heteroatoms. The van der Waals surface area contributed by atoms with Crippen molar-refractivity contribution in [2.24, 2.45) is 0 Å². The van der Waals surface area contributed by atoms with E-state index in [1.807, 2.05) is 79.3 Å². The molecule has 0 saturated carbocycles. The van der Waals surface area contributed by atoms with Crippen molar-refractivity contribution in [2.45, 2.75) is 136 Å². The smallest absolute Gasteiger partial charge is 0.234 e. The predicted octanol–water partition coefficient (Wildman–Crippen LogP) is 18.9. The lowest BCUT2D eigenvalue weighted by molar-refractivity contribution is -0.114. The van der Waals surface area contributed by atoms with Crippen LogP contribution in [0.3, 0.4) is 0 Å². The molecule has 0 bridgehead atoms. The number of aryl methyl sites for hydroxylation is 10. The van der Waals surface area contributed by atoms with Gasteiger partial charge in [0, 0.05) is 60.3 Å². The van der Waals surface area contributed by atoms with Crippen LogP contribution in [0.15, 0.2) is 197 Å². The zero-order valence-corrected chi connectivity index (χ0v) is 57.2. The van der Waals surface area contributed by atoms with Crippen molar-refractivity contribution in [3.05, 3.63) is 271 Å². The van der Waals surface area contributed by atoms with E-state index in [0.717, 1.165) is 70.6 Å². The minimum absolute atomic E-state index is 0.0410. The van der Waals surface area contributed by atoms with Crippen LogP contribution in [0.5, 0.6) is 11.5 Å². The van der Waals surface area contributed by atoms with Crippen LogP contribution in [0, 0.1) is 27.7 Å². The lowest BCUT2D eigenvalue weighted by Crippen LogP contribution is -2.25. The number of carbonyl (C=O) groups excluding carboxylic acids is 2. The summed E-state index contributed by atoms with van der Waals surface area (Å²) in [5, 5.41) is 6.74. The van der Waals surface area contributed by atoms with Crippen molar-refractivity contribution < 1.29 is 19.1 Å². The van der Waals surface area contributed by atoms with Gasteiger partial charge in [0.25, 0.3) is 0 Å². The number of benzene rings is 9. The second-order valence-corrected chi connectivity index (χ2v) is 29.2. The van der Waals surface area contributed by atoms with Gasteiger partial charge in [-0.15, -0.1) is 35.3 Å². The summed E-state index contributed by atoms with van der Waals surface area (Å²) in [4.78, 5) is 26.7. The Balaban J connectivity index is 0.000000125. The van der Waals surface area contributed by atoms with Crippen LogP contribution in [-0.2, 0) is 64.4 Å². The van der Waals surface area contributed by atoms with Crippen LogP contribution in [0.1, 0.15) is 128 Å². The summed E-state index contributed by atoms with van der Waals surface area (Å²) in [6.45, 7) is 9.77. The van der Waals surface area contributed by atoms with Gasteiger partial charge < -0.3 is 25.8 Å². The molecule has 15 rings (SSSR count). The molecule has 0 unspecified atom stereocenters. The SMILES string of the molecule is COc1ccc(SCC(=O)Nc2cccc3c2[C@]2(CCc4cccc(C)c42)CC3)cc1.COc1ccc(SCCNc2cccc3c2[C@]2(CCc4cccc(C)c42)CC3)cc1.Cc1ccc(SCC(=O)Cl)cc1.Cc1cccc2c1[C@@]1(CC2)CCc2cccc(N)c21. The maximum Gasteiger partial charge on any atom is 0.234 e. The number of carbonyl (C=O) groups is 2. The lowest BCUT2D eigenvalue weighted by atomic mass is 9.74. The topological polar surface area (TPSA) is 103 Å². The second-order valence-electron chi connectivity index (χ2n) is 25.6. The number of fused-ring (bicyclic) bond motifs is 12. The fourth-order valence-corrected chi connectivity index (χ4v) is 18.7. The highest BCUT2D eigenvalue weighted by Gasteiger charge is 2.49. The fraction of sp³-hybridized carbons (Fsp3) is 0.309. The van der Waals surface area contributed by atoms with E-state index in [4.69, 9.17) is 26.8 Å².